The van der Waals surface area contributed by atoms with Crippen LogP contribution in [0.4, 0.5) is 5.88 Å². The minimum absolute atomic E-state index is 0.234. The third kappa shape index (κ3) is 2.03. The van der Waals surface area contributed by atoms with Gasteiger partial charge in [-0.1, -0.05) is 0 Å². The van der Waals surface area contributed by atoms with Gasteiger partial charge in [-0.3, -0.25) is 9.78 Å². The van der Waals surface area contributed by atoms with Crippen LogP contribution in [-0.2, 0) is 0 Å². The van der Waals surface area contributed by atoms with Crippen LogP contribution in [0.15, 0.2) is 22.7 Å². The molecule has 0 aliphatic carbocycles. The Hall–Kier alpha value is -1.69. The number of thioether (sulfide) groups is 1. The summed E-state index contributed by atoms with van der Waals surface area (Å²) in [7, 11) is 0. The monoisotopic (exact) mass is 263 g/mol. The van der Waals surface area contributed by atoms with Gasteiger partial charge in [0, 0.05) is 48.3 Å². The molecule has 5 nitrogen and oxygen atoms in total. The lowest BCUT2D eigenvalue weighted by molar-refractivity contribution is 0.0995. The van der Waals surface area contributed by atoms with Crippen molar-refractivity contribution < 1.29 is 9.21 Å². The number of carbonyl (C=O) groups is 1. The van der Waals surface area contributed by atoms with E-state index in [9.17, 15) is 4.79 Å². The molecule has 2 N–H and O–H groups in total. The molecular formula is C12H13N3O2S. The van der Waals surface area contributed by atoms with E-state index in [0.717, 1.165) is 35.9 Å². The Bertz CT molecular complexity index is 590. The fourth-order valence-corrected chi connectivity index (χ4v) is 2.90. The van der Waals surface area contributed by atoms with Crippen LogP contribution in [-0.4, -0.2) is 35.5 Å². The maximum atomic E-state index is 11.1. The molecule has 1 fully saturated rings. The fraction of sp³-hybridized carbons (Fsp3) is 0.333. The zero-order valence-electron chi connectivity index (χ0n) is 9.76. The molecular weight excluding hydrogens is 250 g/mol. The summed E-state index contributed by atoms with van der Waals surface area (Å²) in [6.07, 6.45) is 1.63. The summed E-state index contributed by atoms with van der Waals surface area (Å²) in [6.45, 7) is 1.97. The summed E-state index contributed by atoms with van der Waals surface area (Å²) in [6, 6.07) is 3.56. The van der Waals surface area contributed by atoms with Crippen molar-refractivity contribution in [3.63, 3.8) is 0 Å². The molecule has 0 bridgehead atoms. The van der Waals surface area contributed by atoms with Crippen LogP contribution in [0.2, 0.25) is 0 Å². The second-order valence-corrected chi connectivity index (χ2v) is 5.38. The van der Waals surface area contributed by atoms with E-state index in [0.29, 0.717) is 5.58 Å². The minimum atomic E-state index is -0.538. The maximum absolute atomic E-state index is 11.1. The highest BCUT2D eigenvalue weighted by molar-refractivity contribution is 7.99. The lowest BCUT2D eigenvalue weighted by atomic mass is 10.3. The molecule has 0 radical (unpaired) electrons. The largest absolute Gasteiger partial charge is 0.440 e. The molecule has 1 saturated heterocycles. The van der Waals surface area contributed by atoms with Crippen LogP contribution in [0.1, 0.15) is 10.5 Å². The summed E-state index contributed by atoms with van der Waals surface area (Å²) < 4.78 is 5.77. The SMILES string of the molecule is NC(=O)c1cc2oc(N3CCSCC3)cc2cn1. The van der Waals surface area contributed by atoms with Crippen LogP contribution in [0.3, 0.4) is 0 Å². The van der Waals surface area contributed by atoms with Crippen LogP contribution < -0.4 is 10.6 Å². The topological polar surface area (TPSA) is 72.4 Å². The smallest absolute Gasteiger partial charge is 0.267 e. The van der Waals surface area contributed by atoms with Crippen LogP contribution in [0, 0.1) is 0 Å². The molecule has 1 aliphatic rings. The van der Waals surface area contributed by atoms with Crippen molar-refractivity contribution in [2.45, 2.75) is 0 Å². The number of primary amides is 1. The molecule has 2 aromatic rings. The first-order valence-electron chi connectivity index (χ1n) is 5.76. The summed E-state index contributed by atoms with van der Waals surface area (Å²) in [5.41, 5.74) is 6.09. The number of fused-ring (bicyclic) bond motifs is 1. The van der Waals surface area contributed by atoms with Gasteiger partial charge in [0.25, 0.3) is 5.91 Å². The second-order valence-electron chi connectivity index (χ2n) is 4.16. The van der Waals surface area contributed by atoms with Gasteiger partial charge in [-0.2, -0.15) is 11.8 Å². The Balaban J connectivity index is 1.97. The molecule has 18 heavy (non-hydrogen) atoms. The molecule has 0 unspecified atom stereocenters. The Morgan fingerprint density at radius 1 is 1.39 bits per heavy atom. The highest BCUT2D eigenvalue weighted by atomic mass is 32.2. The number of amides is 1. The zero-order valence-corrected chi connectivity index (χ0v) is 10.6. The van der Waals surface area contributed by atoms with Crippen molar-refractivity contribution >= 4 is 34.5 Å². The number of nitrogens with two attached hydrogens (primary N) is 1. The van der Waals surface area contributed by atoms with E-state index in [1.165, 1.54) is 0 Å². The summed E-state index contributed by atoms with van der Waals surface area (Å²) in [4.78, 5) is 17.3. The van der Waals surface area contributed by atoms with Gasteiger partial charge in [-0.25, -0.2) is 0 Å². The fourth-order valence-electron chi connectivity index (χ4n) is 1.99. The first-order valence-corrected chi connectivity index (χ1v) is 6.91. The molecule has 0 atom stereocenters. The number of furan rings is 1. The number of pyridine rings is 1. The molecule has 6 heteroatoms. The Kier molecular flexibility index (Phi) is 2.87. The Labute approximate surface area is 108 Å². The molecule has 3 rings (SSSR count). The average molecular weight is 263 g/mol. The number of hydrogen-bond donors (Lipinski definition) is 1. The van der Waals surface area contributed by atoms with Gasteiger partial charge >= 0.3 is 0 Å². The highest BCUT2D eigenvalue weighted by Crippen LogP contribution is 2.27. The van der Waals surface area contributed by atoms with E-state index in [-0.39, 0.29) is 5.69 Å². The van der Waals surface area contributed by atoms with Gasteiger partial charge in [-0.15, -0.1) is 0 Å². The molecule has 2 aromatic heterocycles. The first-order chi connectivity index (χ1) is 8.74. The number of nitrogens with zero attached hydrogens (tertiary/aromatic N) is 2. The number of aromatic nitrogens is 1. The van der Waals surface area contributed by atoms with Crippen molar-refractivity contribution in [3.05, 3.63) is 24.0 Å². The van der Waals surface area contributed by atoms with Gasteiger partial charge < -0.3 is 15.1 Å². The summed E-state index contributed by atoms with van der Waals surface area (Å²) in [5.74, 6) is 2.53. The van der Waals surface area contributed by atoms with E-state index in [4.69, 9.17) is 10.2 Å². The lowest BCUT2D eigenvalue weighted by Crippen LogP contribution is -2.31. The molecule has 1 aliphatic heterocycles. The first kappa shape index (κ1) is 11.4. The van der Waals surface area contributed by atoms with Gasteiger partial charge in [-0.05, 0) is 0 Å². The standard InChI is InChI=1S/C12H13N3O2S/c13-12(16)9-6-10-8(7-14-9)5-11(17-10)15-1-3-18-4-2-15/h5-7H,1-4H2,(H2,13,16). The van der Waals surface area contributed by atoms with Gasteiger partial charge in [0.05, 0.1) is 0 Å². The molecule has 94 valence electrons. The van der Waals surface area contributed by atoms with Crippen molar-refractivity contribution in [3.8, 4) is 0 Å². The van der Waals surface area contributed by atoms with Gasteiger partial charge in [0.1, 0.15) is 11.3 Å². The van der Waals surface area contributed by atoms with Crippen LogP contribution in [0.25, 0.3) is 11.0 Å². The van der Waals surface area contributed by atoms with E-state index in [1.54, 1.807) is 12.3 Å². The predicted molar refractivity (Wildman–Crippen MR) is 72.1 cm³/mol. The van der Waals surface area contributed by atoms with E-state index < -0.39 is 5.91 Å². The molecule has 1 amide bonds. The van der Waals surface area contributed by atoms with Crippen LogP contribution >= 0.6 is 11.8 Å². The molecule has 0 spiro atoms. The normalized spacial score (nSPS) is 16.1. The molecule has 0 aromatic carbocycles. The van der Waals surface area contributed by atoms with Crippen molar-refractivity contribution in [2.24, 2.45) is 5.73 Å². The quantitative estimate of drug-likeness (QED) is 0.888. The third-order valence-corrected chi connectivity index (χ3v) is 3.91. The highest BCUT2D eigenvalue weighted by Gasteiger charge is 2.16. The average Bonchev–Trinajstić information content (AvgIpc) is 2.82. The van der Waals surface area contributed by atoms with E-state index in [2.05, 4.69) is 9.88 Å². The summed E-state index contributed by atoms with van der Waals surface area (Å²) >= 11 is 1.95. The third-order valence-electron chi connectivity index (χ3n) is 2.96. The number of hydrogen-bond acceptors (Lipinski definition) is 5. The number of anilines is 1. The lowest BCUT2D eigenvalue weighted by Gasteiger charge is -2.25. The molecule has 3 heterocycles. The van der Waals surface area contributed by atoms with Crippen molar-refractivity contribution in [2.75, 3.05) is 29.5 Å². The number of carbonyl (C=O) groups excluding carboxylic acids is 1. The number of rotatable bonds is 2. The second kappa shape index (κ2) is 4.53. The summed E-state index contributed by atoms with van der Waals surface area (Å²) in [5, 5.41) is 0.897. The maximum Gasteiger partial charge on any atom is 0.267 e. The van der Waals surface area contributed by atoms with Gasteiger partial charge in [0.2, 0.25) is 0 Å². The Morgan fingerprint density at radius 2 is 2.17 bits per heavy atom. The van der Waals surface area contributed by atoms with E-state index >= 15 is 0 Å². The van der Waals surface area contributed by atoms with Crippen LogP contribution in [0.5, 0.6) is 0 Å². The van der Waals surface area contributed by atoms with Crippen molar-refractivity contribution in [1.29, 1.82) is 0 Å². The Morgan fingerprint density at radius 3 is 2.89 bits per heavy atom. The predicted octanol–water partition coefficient (Wildman–Crippen LogP) is 1.48. The molecule has 0 saturated carbocycles. The van der Waals surface area contributed by atoms with E-state index in [1.807, 2.05) is 17.8 Å². The zero-order chi connectivity index (χ0) is 12.5. The van der Waals surface area contributed by atoms with Gasteiger partial charge in [0.15, 0.2) is 5.88 Å². The van der Waals surface area contributed by atoms with Crippen molar-refractivity contribution in [1.82, 2.24) is 4.98 Å². The minimum Gasteiger partial charge on any atom is -0.440 e.